The largest absolute Gasteiger partial charge is 0.491 e. The SMILES string of the molecule is C=C1CCC(N2C(=O)c3cccc(OCCN4CCN(c5ccc(-c6cnc7[nH]cc(C(=O)c8c(F)ccc(NS(=O)(=O)N9CC[C@@H](F)C9)c8F)c7c6)cc5)CC4)c3C2=O)C(=O)N1. The van der Waals surface area contributed by atoms with Crippen LogP contribution >= 0.6 is 0 Å². The molecule has 3 amide bonds. The van der Waals surface area contributed by atoms with E-state index < -0.39 is 75.4 Å². The fraction of sp³-hybridized carbons (Fsp3) is 0.295. The van der Waals surface area contributed by atoms with Gasteiger partial charge in [-0.3, -0.25) is 33.7 Å². The number of anilines is 2. The van der Waals surface area contributed by atoms with Crippen LogP contribution in [0, 0.1) is 11.6 Å². The first kappa shape index (κ1) is 41.8. The highest BCUT2D eigenvalue weighted by Gasteiger charge is 2.45. The van der Waals surface area contributed by atoms with Crippen LogP contribution in [0.25, 0.3) is 22.2 Å². The van der Waals surface area contributed by atoms with E-state index in [2.05, 4.69) is 31.7 Å². The van der Waals surface area contributed by atoms with E-state index in [-0.39, 0.29) is 36.3 Å². The van der Waals surface area contributed by atoms with Crippen LogP contribution in [0.4, 0.5) is 24.5 Å². The van der Waals surface area contributed by atoms with Gasteiger partial charge in [-0.25, -0.2) is 18.2 Å². The summed E-state index contributed by atoms with van der Waals surface area (Å²) in [5.41, 5.74) is 1.97. The number of nitrogens with one attached hydrogen (secondary N) is 3. The van der Waals surface area contributed by atoms with E-state index in [9.17, 15) is 32.0 Å². The van der Waals surface area contributed by atoms with Gasteiger partial charge in [0, 0.05) is 86.1 Å². The fourth-order valence-corrected chi connectivity index (χ4v) is 9.76. The standard InChI is InChI=1S/C44H41F3N8O7S/c1-25-5-12-35(42(57)50-25)55-43(58)30-3-2-4-36(37(30)44(55)59)62-20-19-52-15-17-53(18-16-52)29-8-6-26(7-9-29)27-21-31-32(23-49-41(31)48-22-27)40(56)38-33(46)10-11-34(39(38)47)51-63(60,61)54-14-13-28(45)24-54/h2-4,6-11,21-23,28,35,51H,1,5,12-20,24H2,(H,48,49)(H,50,57)/t28-,35?/m1/s1. The summed E-state index contributed by atoms with van der Waals surface area (Å²) in [5, 5.41) is 2.94. The summed E-state index contributed by atoms with van der Waals surface area (Å²) in [6.45, 7) is 7.07. The second kappa shape index (κ2) is 16.6. The van der Waals surface area contributed by atoms with E-state index >= 15 is 8.78 Å². The molecule has 1 unspecified atom stereocenters. The number of aromatic nitrogens is 2. The zero-order valence-electron chi connectivity index (χ0n) is 33.7. The number of carbonyl (C=O) groups excluding carboxylic acids is 4. The summed E-state index contributed by atoms with van der Waals surface area (Å²) in [7, 11) is -4.37. The van der Waals surface area contributed by atoms with E-state index in [4.69, 9.17) is 4.74 Å². The number of benzene rings is 3. The number of nitrogens with zero attached hydrogens (tertiary/aromatic N) is 5. The molecule has 5 aromatic rings. The van der Waals surface area contributed by atoms with Gasteiger partial charge in [0.25, 0.3) is 11.8 Å². The molecule has 6 heterocycles. The Morgan fingerprint density at radius 3 is 2.46 bits per heavy atom. The van der Waals surface area contributed by atoms with Crippen molar-refractivity contribution < 1.29 is 45.5 Å². The van der Waals surface area contributed by atoms with E-state index in [1.807, 2.05) is 29.0 Å². The Balaban J connectivity index is 0.818. The highest BCUT2D eigenvalue weighted by Crippen LogP contribution is 2.35. The lowest BCUT2D eigenvalue weighted by atomic mass is 9.99. The summed E-state index contributed by atoms with van der Waals surface area (Å²) in [6, 6.07) is 15.1. The van der Waals surface area contributed by atoms with Gasteiger partial charge in [0.15, 0.2) is 5.82 Å². The Morgan fingerprint density at radius 2 is 1.73 bits per heavy atom. The summed E-state index contributed by atoms with van der Waals surface area (Å²) < 4.78 is 79.0. The first-order valence-corrected chi connectivity index (χ1v) is 21.8. The molecule has 3 aromatic carbocycles. The molecule has 15 nitrogen and oxygen atoms in total. The number of halogens is 3. The van der Waals surface area contributed by atoms with Crippen molar-refractivity contribution in [3.63, 3.8) is 0 Å². The number of ketones is 1. The molecule has 0 bridgehead atoms. The Labute approximate surface area is 359 Å². The molecule has 0 radical (unpaired) electrons. The zero-order chi connectivity index (χ0) is 44.2. The monoisotopic (exact) mass is 882 g/mol. The highest BCUT2D eigenvalue weighted by molar-refractivity contribution is 7.90. The summed E-state index contributed by atoms with van der Waals surface area (Å²) in [5.74, 6) is -4.81. The molecule has 0 aliphatic carbocycles. The molecule has 9 rings (SSSR count). The van der Waals surface area contributed by atoms with Crippen molar-refractivity contribution in [3.8, 4) is 16.9 Å². The number of aromatic amines is 1. The first-order valence-electron chi connectivity index (χ1n) is 20.4. The number of pyridine rings is 1. The van der Waals surface area contributed by atoms with Crippen molar-refractivity contribution in [3.05, 3.63) is 119 Å². The number of fused-ring (bicyclic) bond motifs is 2. The number of H-pyrrole nitrogens is 1. The van der Waals surface area contributed by atoms with Crippen LogP contribution in [0.2, 0.25) is 0 Å². The maximum Gasteiger partial charge on any atom is 0.301 e. The molecule has 2 atom stereocenters. The number of allylic oxidation sites excluding steroid dienone is 1. The zero-order valence-corrected chi connectivity index (χ0v) is 34.5. The van der Waals surface area contributed by atoms with Crippen molar-refractivity contribution in [1.82, 2.24) is 29.4 Å². The second-order valence-corrected chi connectivity index (χ2v) is 17.5. The maximum atomic E-state index is 15.7. The summed E-state index contributed by atoms with van der Waals surface area (Å²) >= 11 is 0. The predicted octanol–water partition coefficient (Wildman–Crippen LogP) is 5.03. The number of piperazine rings is 1. The molecule has 4 aliphatic rings. The lowest BCUT2D eigenvalue weighted by Crippen LogP contribution is -2.51. The van der Waals surface area contributed by atoms with Crippen LogP contribution in [-0.4, -0.2) is 121 Å². The van der Waals surface area contributed by atoms with Crippen LogP contribution in [-0.2, 0) is 15.0 Å². The summed E-state index contributed by atoms with van der Waals surface area (Å²) in [4.78, 5) is 65.8. The van der Waals surface area contributed by atoms with Crippen molar-refractivity contribution in [1.29, 1.82) is 0 Å². The maximum absolute atomic E-state index is 15.7. The van der Waals surface area contributed by atoms with Gasteiger partial charge in [-0.1, -0.05) is 24.8 Å². The van der Waals surface area contributed by atoms with Crippen molar-refractivity contribution >= 4 is 56.1 Å². The molecule has 0 spiro atoms. The number of ether oxygens (including phenoxy) is 1. The minimum atomic E-state index is -4.37. The molecule has 0 saturated carbocycles. The molecule has 63 heavy (non-hydrogen) atoms. The Bertz CT molecular complexity index is 2810. The van der Waals surface area contributed by atoms with Gasteiger partial charge >= 0.3 is 10.2 Å². The smallest absolute Gasteiger partial charge is 0.301 e. The predicted molar refractivity (Wildman–Crippen MR) is 226 cm³/mol. The van der Waals surface area contributed by atoms with E-state index in [1.165, 1.54) is 6.20 Å². The molecule has 4 aliphatic heterocycles. The third-order valence-electron chi connectivity index (χ3n) is 11.9. The van der Waals surface area contributed by atoms with Gasteiger partial charge < -0.3 is 19.9 Å². The first-order chi connectivity index (χ1) is 30.3. The highest BCUT2D eigenvalue weighted by atomic mass is 32.2. The molecule has 19 heteroatoms. The minimum Gasteiger partial charge on any atom is -0.491 e. The van der Waals surface area contributed by atoms with Crippen LogP contribution < -0.4 is 19.7 Å². The minimum absolute atomic E-state index is 0.00680. The average Bonchev–Trinajstić information content (AvgIpc) is 3.98. The van der Waals surface area contributed by atoms with E-state index in [0.29, 0.717) is 47.4 Å². The van der Waals surface area contributed by atoms with Crippen molar-refractivity contribution in [2.45, 2.75) is 31.5 Å². The van der Waals surface area contributed by atoms with Gasteiger partial charge in [0.2, 0.25) is 11.7 Å². The Kier molecular flexibility index (Phi) is 11.0. The number of imide groups is 1. The number of rotatable bonds is 12. The third kappa shape index (κ3) is 7.91. The van der Waals surface area contributed by atoms with Gasteiger partial charge in [-0.2, -0.15) is 12.7 Å². The molecular formula is C44H41F3N8O7S. The van der Waals surface area contributed by atoms with Crippen molar-refractivity contribution in [2.24, 2.45) is 0 Å². The number of piperidine rings is 1. The number of carbonyl (C=O) groups is 4. The molecule has 326 valence electrons. The van der Waals surface area contributed by atoms with Gasteiger partial charge in [-0.15, -0.1) is 0 Å². The number of hydrogen-bond acceptors (Lipinski definition) is 10. The molecule has 2 aromatic heterocycles. The molecule has 3 saturated heterocycles. The lowest BCUT2D eigenvalue weighted by molar-refractivity contribution is -0.125. The van der Waals surface area contributed by atoms with Crippen LogP contribution in [0.1, 0.15) is 55.9 Å². The molecule has 3 N–H and O–H groups in total. The molecular weight excluding hydrogens is 842 g/mol. The van der Waals surface area contributed by atoms with Gasteiger partial charge in [-0.05, 0) is 67.3 Å². The van der Waals surface area contributed by atoms with Crippen LogP contribution in [0.3, 0.4) is 0 Å². The number of amides is 3. The van der Waals surface area contributed by atoms with Gasteiger partial charge in [0.05, 0.1) is 22.4 Å². The van der Waals surface area contributed by atoms with E-state index in [0.717, 1.165) is 58.8 Å². The van der Waals surface area contributed by atoms with Crippen LogP contribution in [0.5, 0.6) is 5.75 Å². The average molecular weight is 883 g/mol. The quantitative estimate of drug-likeness (QED) is 0.114. The Hall–Kier alpha value is -6.57. The second-order valence-electron chi connectivity index (χ2n) is 15.8. The van der Waals surface area contributed by atoms with Gasteiger partial charge in [0.1, 0.15) is 36.0 Å². The normalized spacial score (nSPS) is 19.8. The number of hydrogen-bond donors (Lipinski definition) is 3. The number of alkyl halides is 1. The Morgan fingerprint density at radius 1 is 0.952 bits per heavy atom. The van der Waals surface area contributed by atoms with Crippen molar-refractivity contribution in [2.75, 3.05) is 62.0 Å². The van der Waals surface area contributed by atoms with Crippen LogP contribution in [0.15, 0.2) is 85.3 Å². The third-order valence-corrected chi connectivity index (χ3v) is 13.4. The molecule has 3 fully saturated rings. The summed E-state index contributed by atoms with van der Waals surface area (Å²) in [6.07, 6.45) is 2.32. The fourth-order valence-electron chi connectivity index (χ4n) is 8.50. The lowest BCUT2D eigenvalue weighted by Gasteiger charge is -2.36. The topological polar surface area (TPSA) is 177 Å². The van der Waals surface area contributed by atoms with E-state index in [1.54, 1.807) is 30.5 Å².